The van der Waals surface area contributed by atoms with Crippen LogP contribution in [0.25, 0.3) is 11.0 Å². The zero-order valence-electron chi connectivity index (χ0n) is 13.7. The predicted molar refractivity (Wildman–Crippen MR) is 88.4 cm³/mol. The SMILES string of the molecule is CCc1coc2cnc(C(=O)NC3C4CCN(CC4)C3C)cc12. The number of aryl methyl sites for hydroxylation is 1. The predicted octanol–water partition coefficient (Wildman–Crippen LogP) is 2.60. The Labute approximate surface area is 136 Å². The van der Waals surface area contributed by atoms with E-state index in [4.69, 9.17) is 4.42 Å². The van der Waals surface area contributed by atoms with E-state index in [1.807, 2.05) is 6.07 Å². The van der Waals surface area contributed by atoms with Crippen molar-refractivity contribution in [1.29, 1.82) is 0 Å². The summed E-state index contributed by atoms with van der Waals surface area (Å²) in [6, 6.07) is 2.51. The molecular weight excluding hydrogens is 290 g/mol. The third kappa shape index (κ3) is 2.43. The first-order valence-corrected chi connectivity index (χ1v) is 8.58. The van der Waals surface area contributed by atoms with Gasteiger partial charge in [0.25, 0.3) is 5.91 Å². The summed E-state index contributed by atoms with van der Waals surface area (Å²) in [5, 5.41) is 4.23. The molecule has 2 atom stereocenters. The molecule has 2 aromatic heterocycles. The zero-order valence-corrected chi connectivity index (χ0v) is 13.7. The van der Waals surface area contributed by atoms with E-state index in [2.05, 4.69) is 29.0 Å². The minimum absolute atomic E-state index is 0.0687. The van der Waals surface area contributed by atoms with Crippen molar-refractivity contribution in [3.05, 3.63) is 29.8 Å². The highest BCUT2D eigenvalue weighted by molar-refractivity contribution is 5.96. The number of rotatable bonds is 3. The Bertz CT molecular complexity index is 729. The zero-order chi connectivity index (χ0) is 16.0. The van der Waals surface area contributed by atoms with Crippen molar-refractivity contribution >= 4 is 16.9 Å². The molecule has 0 saturated carbocycles. The molecule has 5 rings (SSSR count). The molecule has 0 aliphatic carbocycles. The van der Waals surface area contributed by atoms with E-state index in [1.54, 1.807) is 12.5 Å². The van der Waals surface area contributed by atoms with Gasteiger partial charge in [-0.05, 0) is 56.8 Å². The molecule has 3 aliphatic heterocycles. The third-order valence-corrected chi connectivity index (χ3v) is 5.63. The van der Waals surface area contributed by atoms with Crippen molar-refractivity contribution in [2.75, 3.05) is 13.1 Å². The molecule has 3 aliphatic rings. The van der Waals surface area contributed by atoms with Crippen molar-refractivity contribution in [3.8, 4) is 0 Å². The number of pyridine rings is 1. The Morgan fingerprint density at radius 2 is 2.22 bits per heavy atom. The first-order chi connectivity index (χ1) is 11.2. The van der Waals surface area contributed by atoms with E-state index in [9.17, 15) is 4.79 Å². The molecule has 5 heterocycles. The summed E-state index contributed by atoms with van der Waals surface area (Å²) in [6.07, 6.45) is 6.66. The van der Waals surface area contributed by atoms with E-state index < -0.39 is 0 Å². The van der Waals surface area contributed by atoms with Gasteiger partial charge in [0.15, 0.2) is 5.58 Å². The van der Waals surface area contributed by atoms with Crippen LogP contribution in [0.4, 0.5) is 0 Å². The number of hydrogen-bond acceptors (Lipinski definition) is 4. The molecule has 3 fully saturated rings. The smallest absolute Gasteiger partial charge is 0.270 e. The molecular formula is C18H23N3O2. The largest absolute Gasteiger partial charge is 0.462 e. The van der Waals surface area contributed by atoms with Gasteiger partial charge in [0, 0.05) is 17.5 Å². The fourth-order valence-corrected chi connectivity index (χ4v) is 4.15. The van der Waals surface area contributed by atoms with Crippen LogP contribution in [0, 0.1) is 5.92 Å². The molecule has 5 heteroatoms. The Balaban J connectivity index is 1.57. The molecule has 3 saturated heterocycles. The van der Waals surface area contributed by atoms with Gasteiger partial charge < -0.3 is 9.73 Å². The minimum atomic E-state index is -0.0687. The molecule has 0 aromatic carbocycles. The summed E-state index contributed by atoms with van der Waals surface area (Å²) in [4.78, 5) is 19.4. The number of amides is 1. The van der Waals surface area contributed by atoms with Gasteiger partial charge in [-0.1, -0.05) is 6.92 Å². The average Bonchev–Trinajstić information content (AvgIpc) is 3.00. The van der Waals surface area contributed by atoms with E-state index >= 15 is 0 Å². The molecule has 0 spiro atoms. The summed E-state index contributed by atoms with van der Waals surface area (Å²) >= 11 is 0. The van der Waals surface area contributed by atoms with Gasteiger partial charge in [-0.2, -0.15) is 0 Å². The van der Waals surface area contributed by atoms with Crippen molar-refractivity contribution < 1.29 is 9.21 Å². The number of aromatic nitrogens is 1. The number of fused-ring (bicyclic) bond motifs is 4. The molecule has 2 unspecified atom stereocenters. The summed E-state index contributed by atoms with van der Waals surface area (Å²) < 4.78 is 5.48. The van der Waals surface area contributed by atoms with Gasteiger partial charge in [0.1, 0.15) is 5.69 Å². The number of carbonyl (C=O) groups is 1. The summed E-state index contributed by atoms with van der Waals surface area (Å²) in [7, 11) is 0. The van der Waals surface area contributed by atoms with Crippen LogP contribution in [-0.2, 0) is 6.42 Å². The maximum atomic E-state index is 12.7. The maximum Gasteiger partial charge on any atom is 0.270 e. The molecule has 122 valence electrons. The Kier molecular flexibility index (Phi) is 3.60. The number of furan rings is 1. The van der Waals surface area contributed by atoms with E-state index in [0.717, 1.165) is 36.0 Å². The Hall–Kier alpha value is -1.88. The van der Waals surface area contributed by atoms with Crippen LogP contribution in [0.3, 0.4) is 0 Å². The van der Waals surface area contributed by atoms with Crippen LogP contribution in [0.1, 0.15) is 42.7 Å². The molecule has 5 nitrogen and oxygen atoms in total. The normalized spacial score (nSPS) is 29.8. The molecule has 1 amide bonds. The summed E-state index contributed by atoms with van der Waals surface area (Å²) in [5.41, 5.74) is 2.35. The highest BCUT2D eigenvalue weighted by Gasteiger charge is 2.40. The van der Waals surface area contributed by atoms with Gasteiger partial charge in [0.05, 0.1) is 12.5 Å². The molecule has 23 heavy (non-hydrogen) atoms. The number of nitrogens with one attached hydrogen (secondary N) is 1. The van der Waals surface area contributed by atoms with Gasteiger partial charge >= 0.3 is 0 Å². The first kappa shape index (κ1) is 14.7. The van der Waals surface area contributed by atoms with Crippen LogP contribution < -0.4 is 5.32 Å². The standard InChI is InChI=1S/C18H23N3O2/c1-3-12-10-23-16-9-19-15(8-14(12)16)18(22)20-17-11(2)21-6-4-13(17)5-7-21/h8-11,13,17H,3-7H2,1-2H3,(H,20,22). The lowest BCUT2D eigenvalue weighted by Crippen LogP contribution is -2.62. The highest BCUT2D eigenvalue weighted by atomic mass is 16.3. The Morgan fingerprint density at radius 1 is 1.43 bits per heavy atom. The quantitative estimate of drug-likeness (QED) is 0.946. The van der Waals surface area contributed by atoms with Crippen molar-refractivity contribution in [2.45, 2.75) is 45.2 Å². The third-order valence-electron chi connectivity index (χ3n) is 5.63. The van der Waals surface area contributed by atoms with Gasteiger partial charge in [-0.3, -0.25) is 9.69 Å². The second-order valence-electron chi connectivity index (χ2n) is 6.79. The monoisotopic (exact) mass is 313 g/mol. The molecule has 1 N–H and O–H groups in total. The van der Waals surface area contributed by atoms with Crippen LogP contribution in [-0.4, -0.2) is 41.0 Å². The van der Waals surface area contributed by atoms with Crippen LogP contribution in [0.15, 0.2) is 22.9 Å². The molecule has 2 bridgehead atoms. The number of nitrogens with zero attached hydrogens (tertiary/aromatic N) is 2. The minimum Gasteiger partial charge on any atom is -0.462 e. The second kappa shape index (κ2) is 5.64. The number of carbonyl (C=O) groups excluding carboxylic acids is 1. The van der Waals surface area contributed by atoms with Crippen molar-refractivity contribution in [2.24, 2.45) is 5.92 Å². The topological polar surface area (TPSA) is 58.4 Å². The number of piperidine rings is 3. The number of hydrogen-bond donors (Lipinski definition) is 1. The fraction of sp³-hybridized carbons (Fsp3) is 0.556. The highest BCUT2D eigenvalue weighted by Crippen LogP contribution is 2.32. The van der Waals surface area contributed by atoms with Crippen molar-refractivity contribution in [1.82, 2.24) is 15.2 Å². The lowest BCUT2D eigenvalue weighted by atomic mass is 9.79. The lowest BCUT2D eigenvalue weighted by molar-refractivity contribution is 0.0216. The van der Waals surface area contributed by atoms with Crippen LogP contribution in [0.2, 0.25) is 0 Å². The summed E-state index contributed by atoms with van der Waals surface area (Å²) in [5.74, 6) is 0.531. The van der Waals surface area contributed by atoms with Crippen molar-refractivity contribution in [3.63, 3.8) is 0 Å². The van der Waals surface area contributed by atoms with Gasteiger partial charge in [-0.25, -0.2) is 4.98 Å². The van der Waals surface area contributed by atoms with E-state index in [0.29, 0.717) is 17.7 Å². The summed E-state index contributed by atoms with van der Waals surface area (Å²) in [6.45, 7) is 6.63. The molecule has 0 radical (unpaired) electrons. The fourth-order valence-electron chi connectivity index (χ4n) is 4.15. The first-order valence-electron chi connectivity index (χ1n) is 8.58. The van der Waals surface area contributed by atoms with Crippen LogP contribution in [0.5, 0.6) is 0 Å². The molecule has 2 aromatic rings. The van der Waals surface area contributed by atoms with E-state index in [-0.39, 0.29) is 11.9 Å². The Morgan fingerprint density at radius 3 is 2.91 bits per heavy atom. The van der Waals surface area contributed by atoms with Gasteiger partial charge in [0.2, 0.25) is 0 Å². The second-order valence-corrected chi connectivity index (χ2v) is 6.79. The average molecular weight is 313 g/mol. The van der Waals surface area contributed by atoms with E-state index in [1.165, 1.54) is 12.8 Å². The maximum absolute atomic E-state index is 12.7. The van der Waals surface area contributed by atoms with Gasteiger partial charge in [-0.15, -0.1) is 0 Å². The van der Waals surface area contributed by atoms with Crippen LogP contribution >= 0.6 is 0 Å². The lowest BCUT2D eigenvalue weighted by Gasteiger charge is -2.49.